The van der Waals surface area contributed by atoms with E-state index in [1.807, 2.05) is 67.6 Å². The van der Waals surface area contributed by atoms with Crippen molar-refractivity contribution in [2.24, 2.45) is 0 Å². The van der Waals surface area contributed by atoms with Gasteiger partial charge in [-0.1, -0.05) is 76.7 Å². The van der Waals surface area contributed by atoms with Gasteiger partial charge < -0.3 is 5.32 Å². The van der Waals surface area contributed by atoms with Crippen molar-refractivity contribution < 1.29 is 4.79 Å². The first-order chi connectivity index (χ1) is 15.3. The molecule has 2 nitrogen and oxygen atoms in total. The molecule has 4 aromatic rings. The number of thiophene rings is 1. The average molecular weight is 521 g/mol. The zero-order valence-electron chi connectivity index (χ0n) is 16.8. The molecule has 0 aliphatic rings. The molecule has 1 N–H and O–H groups in total. The van der Waals surface area contributed by atoms with E-state index < -0.39 is 0 Å². The fourth-order valence-electron chi connectivity index (χ4n) is 3.32. The highest BCUT2D eigenvalue weighted by Gasteiger charge is 2.20. The van der Waals surface area contributed by atoms with Crippen LogP contribution in [0.25, 0.3) is 21.6 Å². The van der Waals surface area contributed by atoms with Gasteiger partial charge in [-0.25, -0.2) is 0 Å². The van der Waals surface area contributed by atoms with Crippen LogP contribution in [0.3, 0.4) is 0 Å². The van der Waals surface area contributed by atoms with Gasteiger partial charge in [0.2, 0.25) is 0 Å². The number of carbonyl (C=O) groups excluding carboxylic acids is 1. The molecule has 1 amide bonds. The molecule has 0 saturated carbocycles. The third-order valence-electron chi connectivity index (χ3n) is 5.00. The molecule has 0 aliphatic heterocycles. The van der Waals surface area contributed by atoms with Crippen LogP contribution in [0.5, 0.6) is 0 Å². The van der Waals surface area contributed by atoms with Gasteiger partial charge in [-0.2, -0.15) is 0 Å². The van der Waals surface area contributed by atoms with E-state index in [4.69, 9.17) is 46.4 Å². The van der Waals surface area contributed by atoms with E-state index in [0.29, 0.717) is 25.0 Å². The molecular formula is C25H17Cl4NOS. The van der Waals surface area contributed by atoms with Crippen molar-refractivity contribution >= 4 is 63.6 Å². The van der Waals surface area contributed by atoms with Gasteiger partial charge in [0.25, 0.3) is 5.91 Å². The lowest BCUT2D eigenvalue weighted by molar-refractivity contribution is 0.0944. The molecule has 3 aromatic carbocycles. The van der Waals surface area contributed by atoms with Crippen LogP contribution in [0.2, 0.25) is 20.1 Å². The lowest BCUT2D eigenvalue weighted by Crippen LogP contribution is -2.25. The molecule has 0 radical (unpaired) electrons. The summed E-state index contributed by atoms with van der Waals surface area (Å²) in [5.74, 6) is -0.163. The van der Waals surface area contributed by atoms with Gasteiger partial charge in [-0.05, 0) is 60.5 Å². The molecule has 0 fully saturated rings. The Morgan fingerprint density at radius 1 is 0.781 bits per heavy atom. The zero-order chi connectivity index (χ0) is 22.8. The van der Waals surface area contributed by atoms with E-state index in [9.17, 15) is 4.79 Å². The molecule has 1 aromatic heterocycles. The normalized spacial score (nSPS) is 11.9. The fraction of sp³-hybridized carbons (Fsp3) is 0.0800. The van der Waals surface area contributed by atoms with Gasteiger partial charge in [0.1, 0.15) is 0 Å². The van der Waals surface area contributed by atoms with Crippen LogP contribution in [-0.2, 0) is 0 Å². The number of nitrogens with one attached hydrogen (secondary N) is 1. The monoisotopic (exact) mass is 519 g/mol. The molecule has 4 rings (SSSR count). The summed E-state index contributed by atoms with van der Waals surface area (Å²) in [7, 11) is 0. The molecule has 7 heteroatoms. The van der Waals surface area contributed by atoms with Gasteiger partial charge in [-0.15, -0.1) is 11.3 Å². The van der Waals surface area contributed by atoms with E-state index in [0.717, 1.165) is 27.1 Å². The first-order valence-electron chi connectivity index (χ1n) is 9.73. The summed E-state index contributed by atoms with van der Waals surface area (Å²) in [6.07, 6.45) is 0. The number of halogens is 4. The SMILES string of the molecule is CC(NC(=O)c1cc(-c2ccc(Cl)cc2)c(-c2ccc(Cl)cc2Cl)s1)c1ccc(Cl)cc1. The summed E-state index contributed by atoms with van der Waals surface area (Å²) in [6.45, 7) is 1.94. The van der Waals surface area contributed by atoms with E-state index in [1.54, 1.807) is 12.1 Å². The van der Waals surface area contributed by atoms with Gasteiger partial charge in [0, 0.05) is 31.1 Å². The second kappa shape index (κ2) is 9.86. The maximum absolute atomic E-state index is 13.1. The quantitative estimate of drug-likeness (QED) is 0.279. The molecule has 0 spiro atoms. The molecular weight excluding hydrogens is 504 g/mol. The van der Waals surface area contributed by atoms with Crippen LogP contribution in [0.4, 0.5) is 0 Å². The predicted octanol–water partition coefficient (Wildman–Crippen LogP) is 9.19. The lowest BCUT2D eigenvalue weighted by Gasteiger charge is -2.13. The van der Waals surface area contributed by atoms with E-state index >= 15 is 0 Å². The third kappa shape index (κ3) is 5.14. The molecule has 0 bridgehead atoms. The van der Waals surface area contributed by atoms with Crippen molar-refractivity contribution in [2.75, 3.05) is 0 Å². The smallest absolute Gasteiger partial charge is 0.261 e. The van der Waals surface area contributed by atoms with E-state index in [-0.39, 0.29) is 11.9 Å². The van der Waals surface area contributed by atoms with Crippen LogP contribution >= 0.6 is 57.7 Å². The van der Waals surface area contributed by atoms with Crippen molar-refractivity contribution in [2.45, 2.75) is 13.0 Å². The Morgan fingerprint density at radius 3 is 2.00 bits per heavy atom. The Bertz CT molecular complexity index is 1270. The second-order valence-electron chi connectivity index (χ2n) is 7.23. The largest absolute Gasteiger partial charge is 0.345 e. The van der Waals surface area contributed by atoms with Gasteiger partial charge in [0.05, 0.1) is 15.9 Å². The van der Waals surface area contributed by atoms with Crippen molar-refractivity contribution in [1.29, 1.82) is 0 Å². The number of hydrogen-bond acceptors (Lipinski definition) is 2. The maximum Gasteiger partial charge on any atom is 0.261 e. The first kappa shape index (κ1) is 23.2. The van der Waals surface area contributed by atoms with Crippen molar-refractivity contribution in [3.8, 4) is 21.6 Å². The lowest BCUT2D eigenvalue weighted by atomic mass is 10.0. The zero-order valence-corrected chi connectivity index (χ0v) is 20.7. The number of benzene rings is 3. The summed E-state index contributed by atoms with van der Waals surface area (Å²) < 4.78 is 0. The van der Waals surface area contributed by atoms with Crippen molar-refractivity contribution in [3.63, 3.8) is 0 Å². The minimum absolute atomic E-state index is 0.163. The molecule has 1 atom stereocenters. The second-order valence-corrected chi connectivity index (χ2v) is 10.00. The molecule has 32 heavy (non-hydrogen) atoms. The topological polar surface area (TPSA) is 29.1 Å². The minimum Gasteiger partial charge on any atom is -0.345 e. The fourth-order valence-corrected chi connectivity index (χ4v) is 5.26. The highest BCUT2D eigenvalue weighted by molar-refractivity contribution is 7.18. The first-order valence-corrected chi connectivity index (χ1v) is 12.1. The summed E-state index contributed by atoms with van der Waals surface area (Å²) >= 11 is 26.0. The number of rotatable bonds is 5. The highest BCUT2D eigenvalue weighted by atomic mass is 35.5. The Labute approximate surface area is 210 Å². The highest BCUT2D eigenvalue weighted by Crippen LogP contribution is 2.43. The summed E-state index contributed by atoms with van der Waals surface area (Å²) in [6, 6.07) is 22.0. The van der Waals surface area contributed by atoms with Gasteiger partial charge >= 0.3 is 0 Å². The van der Waals surface area contributed by atoms with E-state index in [2.05, 4.69) is 5.32 Å². The number of amides is 1. The number of carbonyl (C=O) groups is 1. The Balaban J connectivity index is 1.72. The standard InChI is InChI=1S/C25H17Cl4NOS/c1-14(15-2-6-17(26)7-3-15)30-25(31)23-13-21(16-4-8-18(27)9-5-16)24(32-23)20-11-10-19(28)12-22(20)29/h2-14H,1H3,(H,30,31). The maximum atomic E-state index is 13.1. The summed E-state index contributed by atoms with van der Waals surface area (Å²) in [5.41, 5.74) is 3.63. The van der Waals surface area contributed by atoms with Crippen LogP contribution in [0.15, 0.2) is 72.8 Å². The summed E-state index contributed by atoms with van der Waals surface area (Å²) in [4.78, 5) is 14.6. The van der Waals surface area contributed by atoms with Crippen molar-refractivity contribution in [3.05, 3.63) is 103 Å². The van der Waals surface area contributed by atoms with Gasteiger partial charge in [-0.3, -0.25) is 4.79 Å². The van der Waals surface area contributed by atoms with Gasteiger partial charge in [0.15, 0.2) is 0 Å². The Morgan fingerprint density at radius 2 is 1.38 bits per heavy atom. The molecule has 1 unspecified atom stereocenters. The van der Waals surface area contributed by atoms with Crippen molar-refractivity contribution in [1.82, 2.24) is 5.32 Å². The van der Waals surface area contributed by atoms with E-state index in [1.165, 1.54) is 11.3 Å². The molecule has 0 saturated heterocycles. The predicted molar refractivity (Wildman–Crippen MR) is 138 cm³/mol. The Kier molecular flexibility index (Phi) is 7.14. The van der Waals surface area contributed by atoms with Crippen LogP contribution < -0.4 is 5.32 Å². The molecule has 162 valence electrons. The molecule has 0 aliphatic carbocycles. The Hall–Kier alpha value is -2.01. The number of hydrogen-bond donors (Lipinski definition) is 1. The average Bonchev–Trinajstić information content (AvgIpc) is 3.20. The summed E-state index contributed by atoms with van der Waals surface area (Å²) in [5, 5.41) is 5.44. The third-order valence-corrected chi connectivity index (χ3v) is 7.22. The molecule has 1 heterocycles. The minimum atomic E-state index is -0.177. The van der Waals surface area contributed by atoms with Crippen LogP contribution in [-0.4, -0.2) is 5.91 Å². The van der Waals surface area contributed by atoms with Crippen LogP contribution in [0, 0.1) is 0 Å². The van der Waals surface area contributed by atoms with Crippen LogP contribution in [0.1, 0.15) is 28.2 Å².